The van der Waals surface area contributed by atoms with Crippen LogP contribution < -0.4 is 34.7 Å². The second-order valence-electron chi connectivity index (χ2n) is 12.1. The molecule has 0 aliphatic carbocycles. The molecule has 48 heavy (non-hydrogen) atoms. The smallest absolute Gasteiger partial charge is 0.347 e. The van der Waals surface area contributed by atoms with Crippen LogP contribution in [0, 0.1) is 6.92 Å². The van der Waals surface area contributed by atoms with Gasteiger partial charge in [-0.1, -0.05) is 18.2 Å². The van der Waals surface area contributed by atoms with Crippen molar-refractivity contribution >= 4 is 28.0 Å². The number of rotatable bonds is 4. The van der Waals surface area contributed by atoms with Crippen LogP contribution in [-0.4, -0.2) is 38.6 Å². The lowest BCUT2D eigenvalue weighted by molar-refractivity contribution is 0.158. The third-order valence-electron chi connectivity index (χ3n) is 8.21. The number of phenolic OH excluding ortho intramolecular Hbond substituents is 1. The molecule has 7 rings (SSSR count). The first kappa shape index (κ1) is 32.3. The van der Waals surface area contributed by atoms with Gasteiger partial charge in [-0.25, -0.2) is 4.79 Å². The van der Waals surface area contributed by atoms with E-state index in [2.05, 4.69) is 0 Å². The van der Waals surface area contributed by atoms with Gasteiger partial charge in [0.05, 0.1) is 26.9 Å². The Kier molecular flexibility index (Phi) is 8.43. The molecule has 1 N–H and O–H groups in total. The summed E-state index contributed by atoms with van der Waals surface area (Å²) < 4.78 is 39.5. The van der Waals surface area contributed by atoms with Gasteiger partial charge < -0.3 is 37.6 Å². The molecule has 0 spiro atoms. The van der Waals surface area contributed by atoms with E-state index >= 15 is 0 Å². The predicted octanol–water partition coefficient (Wildman–Crippen LogP) is 7.36. The third-order valence-corrected chi connectivity index (χ3v) is 8.21. The predicted molar refractivity (Wildman–Crippen MR) is 183 cm³/mol. The summed E-state index contributed by atoms with van der Waals surface area (Å²) >= 11 is 0. The topological polar surface area (TPSA) is 127 Å². The number of benzene rings is 3. The number of aryl methyl sites for hydroxylation is 1. The standard InChI is InChI=1S/C23H22O6.C15H14O4/c1-23(2)11-10-15-16(29-23)12-17-19(20(15)26-4)21(27-5)18(22(24)28-17)13-6-8-14(25-3)9-7-13;1-8-3-4-10-12(18-7-8)6-13-14(15(10)17)11(16)5-9(2)19-13/h6-12H,1-5H3;3,5-6,17H,4,7H2,1-2H3. The van der Waals surface area contributed by atoms with Crippen molar-refractivity contribution in [2.75, 3.05) is 27.9 Å². The van der Waals surface area contributed by atoms with Gasteiger partial charge in [0.25, 0.3) is 0 Å². The quantitative estimate of drug-likeness (QED) is 0.155. The minimum Gasteiger partial charge on any atom is -0.507 e. The van der Waals surface area contributed by atoms with E-state index in [4.69, 9.17) is 32.5 Å². The van der Waals surface area contributed by atoms with Crippen LogP contribution in [0.4, 0.5) is 0 Å². The number of phenols is 1. The number of ether oxygens (including phenoxy) is 5. The van der Waals surface area contributed by atoms with Gasteiger partial charge in [-0.2, -0.15) is 0 Å². The van der Waals surface area contributed by atoms with Crippen molar-refractivity contribution in [1.82, 2.24) is 0 Å². The van der Waals surface area contributed by atoms with Crippen LogP contribution in [0.3, 0.4) is 0 Å². The van der Waals surface area contributed by atoms with Crippen LogP contribution in [0.25, 0.3) is 39.1 Å². The molecule has 0 saturated carbocycles. The zero-order chi connectivity index (χ0) is 34.3. The Morgan fingerprint density at radius 3 is 2.21 bits per heavy atom. The average molecular weight is 653 g/mol. The minimum absolute atomic E-state index is 0.0350. The first-order chi connectivity index (χ1) is 22.9. The highest BCUT2D eigenvalue weighted by molar-refractivity contribution is 5.99. The number of fused-ring (bicyclic) bond motifs is 4. The molecule has 0 atom stereocenters. The normalized spacial score (nSPS) is 14.4. The fraction of sp³-hybridized carbons (Fsp3) is 0.263. The van der Waals surface area contributed by atoms with Gasteiger partial charge in [-0.05, 0) is 69.5 Å². The molecule has 0 unspecified atom stereocenters. The number of aromatic hydroxyl groups is 1. The fourth-order valence-corrected chi connectivity index (χ4v) is 5.85. The van der Waals surface area contributed by atoms with E-state index < -0.39 is 11.2 Å². The first-order valence-corrected chi connectivity index (χ1v) is 15.3. The number of allylic oxidation sites excluding steroid dienone is 1. The molecule has 10 nitrogen and oxygen atoms in total. The van der Waals surface area contributed by atoms with Gasteiger partial charge in [0.15, 0.2) is 5.43 Å². The molecule has 0 fully saturated rings. The van der Waals surface area contributed by atoms with Gasteiger partial charge in [0.1, 0.15) is 80.0 Å². The SMILES string of the molecule is CC1=CCc2c(cc3oc(C)cc(=O)c3c2O)OC1.COc1ccc(-c2c(OC)c3c(OC)c4c(cc3oc2=O)OC(C)(C)C=C4)cc1. The Balaban J connectivity index is 0.000000182. The Bertz CT molecular complexity index is 2230. The van der Waals surface area contributed by atoms with E-state index in [9.17, 15) is 14.7 Å². The zero-order valence-electron chi connectivity index (χ0n) is 27.8. The van der Waals surface area contributed by atoms with Crippen LogP contribution in [-0.2, 0) is 6.42 Å². The molecule has 4 heterocycles. The highest BCUT2D eigenvalue weighted by Crippen LogP contribution is 2.47. The molecule has 5 aromatic rings. The average Bonchev–Trinajstić information content (AvgIpc) is 3.24. The lowest BCUT2D eigenvalue weighted by Crippen LogP contribution is -2.27. The minimum atomic E-state index is -0.507. The highest BCUT2D eigenvalue weighted by atomic mass is 16.5. The molecule has 0 radical (unpaired) electrons. The summed E-state index contributed by atoms with van der Waals surface area (Å²) in [5.74, 6) is 3.25. The van der Waals surface area contributed by atoms with Crippen molar-refractivity contribution in [2.45, 2.75) is 39.7 Å². The molecule has 2 aliphatic rings. The summed E-state index contributed by atoms with van der Waals surface area (Å²) in [7, 11) is 4.68. The van der Waals surface area contributed by atoms with Gasteiger partial charge >= 0.3 is 5.63 Å². The lowest BCUT2D eigenvalue weighted by atomic mass is 9.98. The molecular weight excluding hydrogens is 616 g/mol. The number of hydrogen-bond donors (Lipinski definition) is 1. The van der Waals surface area contributed by atoms with Crippen molar-refractivity contribution in [3.63, 3.8) is 0 Å². The van der Waals surface area contributed by atoms with Gasteiger partial charge in [-0.3, -0.25) is 4.79 Å². The van der Waals surface area contributed by atoms with E-state index in [1.54, 1.807) is 57.5 Å². The summed E-state index contributed by atoms with van der Waals surface area (Å²) in [5.41, 5.74) is 2.97. The second kappa shape index (κ2) is 12.5. The monoisotopic (exact) mass is 652 g/mol. The maximum Gasteiger partial charge on any atom is 0.347 e. The largest absolute Gasteiger partial charge is 0.507 e. The van der Waals surface area contributed by atoms with Gasteiger partial charge in [0, 0.05) is 23.8 Å². The van der Waals surface area contributed by atoms with E-state index in [1.165, 1.54) is 13.2 Å². The van der Waals surface area contributed by atoms with E-state index in [0.29, 0.717) is 80.8 Å². The third kappa shape index (κ3) is 5.85. The molecule has 10 heteroatoms. The van der Waals surface area contributed by atoms with Crippen molar-refractivity contribution in [3.05, 3.63) is 97.7 Å². The second-order valence-corrected chi connectivity index (χ2v) is 12.1. The molecule has 2 aliphatic heterocycles. The highest BCUT2D eigenvalue weighted by Gasteiger charge is 2.29. The van der Waals surface area contributed by atoms with Crippen molar-refractivity contribution < 1.29 is 37.6 Å². The van der Waals surface area contributed by atoms with E-state index in [0.717, 1.165) is 11.1 Å². The molecule has 2 aromatic heterocycles. The Labute approximate surface area is 276 Å². The Morgan fingerprint density at radius 2 is 1.52 bits per heavy atom. The first-order valence-electron chi connectivity index (χ1n) is 15.3. The fourth-order valence-electron chi connectivity index (χ4n) is 5.85. The lowest BCUT2D eigenvalue weighted by Gasteiger charge is -2.29. The molecule has 248 valence electrons. The summed E-state index contributed by atoms with van der Waals surface area (Å²) in [5, 5.41) is 11.1. The van der Waals surface area contributed by atoms with Crippen molar-refractivity contribution in [3.8, 4) is 45.6 Å². The number of hydrogen-bond acceptors (Lipinski definition) is 10. The van der Waals surface area contributed by atoms with Crippen molar-refractivity contribution in [2.24, 2.45) is 0 Å². The maximum atomic E-state index is 12.9. The molecule has 3 aromatic carbocycles. The number of methoxy groups -OCH3 is 3. The summed E-state index contributed by atoms with van der Waals surface area (Å²) in [4.78, 5) is 24.9. The van der Waals surface area contributed by atoms with Crippen LogP contribution in [0.1, 0.15) is 37.7 Å². The summed E-state index contributed by atoms with van der Waals surface area (Å²) in [6, 6.07) is 11.9. The molecule has 0 amide bonds. The van der Waals surface area contributed by atoms with E-state index in [1.807, 2.05) is 39.0 Å². The maximum absolute atomic E-state index is 12.9. The summed E-state index contributed by atoms with van der Waals surface area (Å²) in [6.45, 7) is 8.06. The Morgan fingerprint density at radius 1 is 0.833 bits per heavy atom. The summed E-state index contributed by atoms with van der Waals surface area (Å²) in [6.07, 6.45) is 6.46. The van der Waals surface area contributed by atoms with Crippen LogP contribution >= 0.6 is 0 Å². The van der Waals surface area contributed by atoms with Crippen LogP contribution in [0.2, 0.25) is 0 Å². The molecule has 0 saturated heterocycles. The van der Waals surface area contributed by atoms with Crippen LogP contribution in [0.5, 0.6) is 34.5 Å². The van der Waals surface area contributed by atoms with Crippen molar-refractivity contribution in [1.29, 1.82) is 0 Å². The van der Waals surface area contributed by atoms with Gasteiger partial charge in [0.2, 0.25) is 0 Å². The molecular formula is C38H36O10. The van der Waals surface area contributed by atoms with Crippen LogP contribution in [0.15, 0.2) is 78.6 Å². The molecule has 0 bridgehead atoms. The van der Waals surface area contributed by atoms with Gasteiger partial charge in [-0.15, -0.1) is 0 Å². The van der Waals surface area contributed by atoms with E-state index in [-0.39, 0.29) is 16.6 Å². The zero-order valence-corrected chi connectivity index (χ0v) is 27.8. The Hall–Kier alpha value is -5.64.